The van der Waals surface area contributed by atoms with E-state index in [2.05, 4.69) is 11.9 Å². The zero-order valence-corrected chi connectivity index (χ0v) is 13.5. The van der Waals surface area contributed by atoms with Crippen LogP contribution in [0.25, 0.3) is 0 Å². The van der Waals surface area contributed by atoms with Crippen LogP contribution < -0.4 is 0 Å². The highest BCUT2D eigenvalue weighted by atomic mass is 35.5. The first-order valence-corrected chi connectivity index (χ1v) is 8.02. The topological polar surface area (TPSA) is 46.4 Å². The first-order valence-electron chi connectivity index (χ1n) is 7.58. The van der Waals surface area contributed by atoms with E-state index in [1.165, 1.54) is 32.1 Å². The number of nitro benzene ring substituents is 1. The lowest BCUT2D eigenvalue weighted by molar-refractivity contribution is -0.385. The molecule has 1 unspecified atom stereocenters. The van der Waals surface area contributed by atoms with Crippen LogP contribution in [0.1, 0.15) is 48.6 Å². The van der Waals surface area contributed by atoms with Gasteiger partial charge in [-0.3, -0.25) is 10.1 Å². The first-order chi connectivity index (χ1) is 9.99. The Labute approximate surface area is 131 Å². The van der Waals surface area contributed by atoms with Crippen LogP contribution in [0, 0.1) is 17.0 Å². The molecule has 4 nitrogen and oxygen atoms in total. The number of alkyl halides is 1. The number of benzene rings is 1. The van der Waals surface area contributed by atoms with Crippen LogP contribution >= 0.6 is 11.6 Å². The van der Waals surface area contributed by atoms with Gasteiger partial charge in [0.05, 0.1) is 10.3 Å². The lowest BCUT2D eigenvalue weighted by Gasteiger charge is -2.32. The molecule has 0 saturated heterocycles. The SMILES string of the molecule is Cc1ccc(C(Cl)CN(C)C2CCCCC2)cc1[N+](=O)[O-]. The Balaban J connectivity index is 2.04. The van der Waals surface area contributed by atoms with Crippen molar-refractivity contribution in [2.75, 3.05) is 13.6 Å². The quantitative estimate of drug-likeness (QED) is 0.458. The Morgan fingerprint density at radius 1 is 1.38 bits per heavy atom. The van der Waals surface area contributed by atoms with E-state index in [1.54, 1.807) is 19.1 Å². The van der Waals surface area contributed by atoms with Gasteiger partial charge in [-0.1, -0.05) is 31.4 Å². The van der Waals surface area contributed by atoms with Crippen LogP contribution in [0.2, 0.25) is 0 Å². The first kappa shape index (κ1) is 16.2. The van der Waals surface area contributed by atoms with Crippen molar-refractivity contribution in [1.29, 1.82) is 0 Å². The van der Waals surface area contributed by atoms with E-state index < -0.39 is 0 Å². The second-order valence-electron chi connectivity index (χ2n) is 6.00. The number of nitrogens with zero attached hydrogens (tertiary/aromatic N) is 2. The van der Waals surface area contributed by atoms with Crippen LogP contribution in [0.3, 0.4) is 0 Å². The van der Waals surface area contributed by atoms with Gasteiger partial charge in [0.1, 0.15) is 0 Å². The van der Waals surface area contributed by atoms with Crippen molar-refractivity contribution in [1.82, 2.24) is 4.90 Å². The molecule has 1 fully saturated rings. The Morgan fingerprint density at radius 2 is 2.05 bits per heavy atom. The fraction of sp³-hybridized carbons (Fsp3) is 0.625. The maximum atomic E-state index is 11.0. The summed E-state index contributed by atoms with van der Waals surface area (Å²) in [6, 6.07) is 5.89. The van der Waals surface area contributed by atoms with Crippen molar-refractivity contribution in [2.24, 2.45) is 0 Å². The second-order valence-corrected chi connectivity index (χ2v) is 6.53. The lowest BCUT2D eigenvalue weighted by Crippen LogP contribution is -2.35. The Kier molecular flexibility index (Phi) is 5.59. The molecular weight excluding hydrogens is 288 g/mol. The molecule has 1 aliphatic carbocycles. The normalized spacial score (nSPS) is 17.9. The third-order valence-electron chi connectivity index (χ3n) is 4.44. The highest BCUT2D eigenvalue weighted by Crippen LogP contribution is 2.29. The smallest absolute Gasteiger partial charge is 0.272 e. The molecule has 1 aliphatic rings. The monoisotopic (exact) mass is 310 g/mol. The fourth-order valence-corrected chi connectivity index (χ4v) is 3.40. The Bertz CT molecular complexity index is 501. The molecule has 0 radical (unpaired) electrons. The predicted molar refractivity (Wildman–Crippen MR) is 85.9 cm³/mol. The van der Waals surface area contributed by atoms with Crippen LogP contribution in [0.15, 0.2) is 18.2 Å². The lowest BCUT2D eigenvalue weighted by atomic mass is 9.94. The Morgan fingerprint density at radius 3 is 2.67 bits per heavy atom. The van der Waals surface area contributed by atoms with Gasteiger partial charge >= 0.3 is 0 Å². The second kappa shape index (κ2) is 7.23. The van der Waals surface area contributed by atoms with Crippen molar-refractivity contribution < 1.29 is 4.92 Å². The van der Waals surface area contributed by atoms with Crippen LogP contribution in [0.4, 0.5) is 5.69 Å². The molecule has 0 aliphatic heterocycles. The molecule has 1 aromatic carbocycles. The maximum absolute atomic E-state index is 11.0. The molecule has 0 bridgehead atoms. The summed E-state index contributed by atoms with van der Waals surface area (Å²) in [5.41, 5.74) is 1.66. The molecule has 0 heterocycles. The van der Waals surface area contributed by atoms with Crippen molar-refractivity contribution >= 4 is 17.3 Å². The van der Waals surface area contributed by atoms with E-state index in [1.807, 2.05) is 6.07 Å². The number of aryl methyl sites for hydroxylation is 1. The summed E-state index contributed by atoms with van der Waals surface area (Å²) in [5, 5.41) is 10.8. The largest absolute Gasteiger partial charge is 0.302 e. The molecule has 1 aromatic rings. The molecule has 1 atom stereocenters. The average molecular weight is 311 g/mol. The summed E-state index contributed by atoms with van der Waals surface area (Å²) in [4.78, 5) is 13.0. The molecule has 0 amide bonds. The number of nitro groups is 1. The van der Waals surface area contributed by atoms with Gasteiger partial charge in [0.2, 0.25) is 0 Å². The van der Waals surface area contributed by atoms with Gasteiger partial charge in [0.15, 0.2) is 0 Å². The number of likely N-dealkylation sites (N-methyl/N-ethyl adjacent to an activating group) is 1. The van der Waals surface area contributed by atoms with Gasteiger partial charge < -0.3 is 4.90 Å². The molecular formula is C16H23ClN2O2. The number of hydrogen-bond donors (Lipinski definition) is 0. The molecule has 2 rings (SSSR count). The van der Waals surface area contributed by atoms with Crippen LogP contribution in [-0.4, -0.2) is 29.5 Å². The summed E-state index contributed by atoms with van der Waals surface area (Å²) in [6.45, 7) is 2.48. The van der Waals surface area contributed by atoms with E-state index in [0.717, 1.165) is 12.1 Å². The zero-order valence-electron chi connectivity index (χ0n) is 12.7. The minimum Gasteiger partial charge on any atom is -0.302 e. The van der Waals surface area contributed by atoms with Crippen molar-refractivity contribution in [3.8, 4) is 0 Å². The van der Waals surface area contributed by atoms with E-state index >= 15 is 0 Å². The maximum Gasteiger partial charge on any atom is 0.272 e. The summed E-state index contributed by atoms with van der Waals surface area (Å²) in [7, 11) is 2.11. The van der Waals surface area contributed by atoms with Gasteiger partial charge in [0, 0.05) is 24.2 Å². The molecule has 21 heavy (non-hydrogen) atoms. The van der Waals surface area contributed by atoms with Crippen LogP contribution in [0.5, 0.6) is 0 Å². The van der Waals surface area contributed by atoms with E-state index in [-0.39, 0.29) is 16.0 Å². The summed E-state index contributed by atoms with van der Waals surface area (Å²) in [5.74, 6) is 0. The number of hydrogen-bond acceptors (Lipinski definition) is 3. The highest BCUT2D eigenvalue weighted by molar-refractivity contribution is 6.21. The van der Waals surface area contributed by atoms with E-state index in [4.69, 9.17) is 11.6 Å². The van der Waals surface area contributed by atoms with Gasteiger partial charge in [-0.05, 0) is 32.4 Å². The zero-order chi connectivity index (χ0) is 15.4. The van der Waals surface area contributed by atoms with Crippen LogP contribution in [-0.2, 0) is 0 Å². The standard InChI is InChI=1S/C16H23ClN2O2/c1-12-8-9-13(10-16(12)19(20)21)15(17)11-18(2)14-6-4-3-5-7-14/h8-10,14-15H,3-7,11H2,1-2H3. The van der Waals surface area contributed by atoms with Crippen molar-refractivity contribution in [3.05, 3.63) is 39.4 Å². The number of rotatable bonds is 5. The minimum atomic E-state index is -0.340. The van der Waals surface area contributed by atoms with E-state index in [0.29, 0.717) is 11.6 Å². The fourth-order valence-electron chi connectivity index (χ4n) is 3.05. The number of halogens is 1. The van der Waals surface area contributed by atoms with Gasteiger partial charge in [0.25, 0.3) is 5.69 Å². The van der Waals surface area contributed by atoms with Crippen molar-refractivity contribution in [2.45, 2.75) is 50.4 Å². The minimum absolute atomic E-state index is 0.151. The average Bonchev–Trinajstić information content (AvgIpc) is 2.48. The third-order valence-corrected chi connectivity index (χ3v) is 4.83. The molecule has 5 heteroatoms. The summed E-state index contributed by atoms with van der Waals surface area (Å²) >= 11 is 6.49. The van der Waals surface area contributed by atoms with E-state index in [9.17, 15) is 10.1 Å². The molecule has 116 valence electrons. The van der Waals surface area contributed by atoms with Crippen molar-refractivity contribution in [3.63, 3.8) is 0 Å². The molecule has 0 aromatic heterocycles. The van der Waals surface area contributed by atoms with Gasteiger partial charge in [-0.25, -0.2) is 0 Å². The molecule has 0 N–H and O–H groups in total. The third kappa shape index (κ3) is 4.17. The van der Waals surface area contributed by atoms with Gasteiger partial charge in [-0.2, -0.15) is 0 Å². The molecule has 0 spiro atoms. The highest BCUT2D eigenvalue weighted by Gasteiger charge is 2.22. The summed E-state index contributed by atoms with van der Waals surface area (Å²) in [6.07, 6.45) is 6.37. The predicted octanol–water partition coefficient (Wildman–Crippen LogP) is 4.45. The Hall–Kier alpha value is -1.13. The van der Waals surface area contributed by atoms with Gasteiger partial charge in [-0.15, -0.1) is 11.6 Å². The molecule has 1 saturated carbocycles. The summed E-state index contributed by atoms with van der Waals surface area (Å²) < 4.78 is 0.